The summed E-state index contributed by atoms with van der Waals surface area (Å²) in [6.07, 6.45) is -5.28. The van der Waals surface area contributed by atoms with Gasteiger partial charge in [-0.1, -0.05) is 30.3 Å². The van der Waals surface area contributed by atoms with Crippen molar-refractivity contribution in [3.8, 4) is 28.7 Å². The van der Waals surface area contributed by atoms with Gasteiger partial charge in [0.05, 0.1) is 23.1 Å². The van der Waals surface area contributed by atoms with E-state index in [2.05, 4.69) is 20.3 Å². The number of halogens is 5. The van der Waals surface area contributed by atoms with Gasteiger partial charge in [-0.15, -0.1) is 0 Å². The van der Waals surface area contributed by atoms with Crippen LogP contribution in [-0.2, 0) is 11.3 Å². The molecule has 0 aliphatic rings. The fraction of sp³-hybridized carbons (Fsp3) is 0.226. The molecule has 45 heavy (non-hydrogen) atoms. The van der Waals surface area contributed by atoms with E-state index in [4.69, 9.17) is 14.2 Å². The quantitative estimate of drug-likeness (QED) is 0.168. The number of benzene rings is 2. The van der Waals surface area contributed by atoms with E-state index in [1.807, 2.05) is 18.2 Å². The summed E-state index contributed by atoms with van der Waals surface area (Å²) in [5.41, 5.74) is -0.481. The number of hydrogen-bond acceptors (Lipinski definition) is 7. The van der Waals surface area contributed by atoms with E-state index in [1.54, 1.807) is 32.9 Å². The first-order chi connectivity index (χ1) is 21.4. The number of rotatable bonds is 9. The van der Waals surface area contributed by atoms with Gasteiger partial charge in [0.1, 0.15) is 29.7 Å². The van der Waals surface area contributed by atoms with Crippen LogP contribution in [0.3, 0.4) is 0 Å². The Morgan fingerprint density at radius 3 is 2.38 bits per heavy atom. The maximum Gasteiger partial charge on any atom is 0.412 e. The van der Waals surface area contributed by atoms with E-state index in [0.29, 0.717) is 0 Å². The monoisotopic (exact) mass is 627 g/mol. The van der Waals surface area contributed by atoms with Crippen molar-refractivity contribution < 1.29 is 41.0 Å². The minimum atomic E-state index is -3.50. The molecule has 0 radical (unpaired) electrons. The average molecular weight is 628 g/mol. The number of carbonyl (C=O) groups is 1. The molecule has 5 rings (SSSR count). The van der Waals surface area contributed by atoms with Crippen LogP contribution < -0.4 is 14.8 Å². The smallest absolute Gasteiger partial charge is 0.412 e. The first-order valence-corrected chi connectivity index (χ1v) is 13.5. The average Bonchev–Trinajstić information content (AvgIpc) is 3.36. The zero-order valence-electron chi connectivity index (χ0n) is 24.1. The van der Waals surface area contributed by atoms with Crippen molar-refractivity contribution in [3.63, 3.8) is 0 Å². The Hall–Kier alpha value is -5.27. The number of nitrogens with one attached hydrogen (secondary N) is 1. The van der Waals surface area contributed by atoms with Crippen LogP contribution in [0.5, 0.6) is 11.6 Å². The van der Waals surface area contributed by atoms with E-state index >= 15 is 8.78 Å². The second-order valence-corrected chi connectivity index (χ2v) is 10.7. The highest BCUT2D eigenvalue weighted by molar-refractivity contribution is 5.89. The summed E-state index contributed by atoms with van der Waals surface area (Å²) in [6, 6.07) is 15.1. The van der Waals surface area contributed by atoms with Gasteiger partial charge < -0.3 is 18.8 Å². The Balaban J connectivity index is 1.58. The molecule has 1 amide bonds. The Kier molecular flexibility index (Phi) is 8.84. The van der Waals surface area contributed by atoms with Crippen molar-refractivity contribution in [3.05, 3.63) is 90.4 Å². The van der Waals surface area contributed by atoms with Gasteiger partial charge in [0.25, 0.3) is 6.36 Å². The fourth-order valence-corrected chi connectivity index (χ4v) is 4.29. The number of fused-ring (bicyclic) bond motifs is 1. The standard InChI is InChI=1S/C31H26F5N5O4/c1-31(2,3)45-30(42)40-18-11-21(33)25(37-14-18)23-13-22-26(29(39-16-38-22)44-28(36)27(34)35)41(23)19-9-10-24(20(32)12-19)43-15-17-7-5-4-6-8-17/h4-14,16,27-28H,15H2,1-3H3,(H,40,42). The second kappa shape index (κ2) is 12.8. The van der Waals surface area contributed by atoms with Gasteiger partial charge in [0, 0.05) is 17.8 Å². The van der Waals surface area contributed by atoms with Crippen molar-refractivity contribution in [2.24, 2.45) is 0 Å². The Morgan fingerprint density at radius 1 is 0.956 bits per heavy atom. The SMILES string of the molecule is CC(C)(C)OC(=O)Nc1cnc(-c2cc3ncnc(OC(F)C(F)F)c3n2-c2ccc(OCc3ccccc3)c(F)c2)c(F)c1. The summed E-state index contributed by atoms with van der Waals surface area (Å²) >= 11 is 0. The van der Waals surface area contributed by atoms with Crippen LogP contribution in [0.2, 0.25) is 0 Å². The van der Waals surface area contributed by atoms with Gasteiger partial charge in [-0.3, -0.25) is 5.32 Å². The molecule has 1 atom stereocenters. The normalized spacial score (nSPS) is 12.3. The molecule has 1 unspecified atom stereocenters. The predicted molar refractivity (Wildman–Crippen MR) is 154 cm³/mol. The number of pyridine rings is 1. The molecular formula is C31H26F5N5O4. The molecule has 0 aliphatic heterocycles. The summed E-state index contributed by atoms with van der Waals surface area (Å²) < 4.78 is 87.9. The van der Waals surface area contributed by atoms with Gasteiger partial charge in [-0.05, 0) is 44.5 Å². The van der Waals surface area contributed by atoms with Crippen LogP contribution in [0, 0.1) is 11.6 Å². The number of alkyl halides is 3. The van der Waals surface area contributed by atoms with Crippen molar-refractivity contribution in [1.82, 2.24) is 19.5 Å². The number of carbonyl (C=O) groups excluding carboxylic acids is 1. The fourth-order valence-electron chi connectivity index (χ4n) is 4.29. The lowest BCUT2D eigenvalue weighted by molar-refractivity contribution is -0.0683. The maximum absolute atomic E-state index is 15.6. The second-order valence-electron chi connectivity index (χ2n) is 10.7. The first kappa shape index (κ1) is 31.2. The number of hydrogen-bond donors (Lipinski definition) is 1. The lowest BCUT2D eigenvalue weighted by Gasteiger charge is -2.19. The Labute approximate surface area is 253 Å². The molecular weight excluding hydrogens is 601 g/mol. The molecule has 3 heterocycles. The number of aromatic nitrogens is 4. The molecule has 0 saturated heterocycles. The van der Waals surface area contributed by atoms with Crippen molar-refractivity contribution in [2.75, 3.05) is 5.32 Å². The highest BCUT2D eigenvalue weighted by Gasteiger charge is 2.27. The molecule has 2 aromatic carbocycles. The third-order valence-electron chi connectivity index (χ3n) is 6.12. The maximum atomic E-state index is 15.6. The summed E-state index contributed by atoms with van der Waals surface area (Å²) in [5.74, 6) is -2.44. The number of anilines is 1. The molecule has 1 N–H and O–H groups in total. The lowest BCUT2D eigenvalue weighted by atomic mass is 10.2. The molecule has 14 heteroatoms. The van der Waals surface area contributed by atoms with Crippen LogP contribution in [0.4, 0.5) is 32.4 Å². The molecule has 0 fully saturated rings. The predicted octanol–water partition coefficient (Wildman–Crippen LogP) is 7.63. The highest BCUT2D eigenvalue weighted by Crippen LogP contribution is 2.37. The topological polar surface area (TPSA) is 100 Å². The zero-order chi connectivity index (χ0) is 32.3. The molecule has 0 bridgehead atoms. The van der Waals surface area contributed by atoms with Crippen LogP contribution in [0.15, 0.2) is 73.2 Å². The van der Waals surface area contributed by atoms with Gasteiger partial charge in [0.2, 0.25) is 5.88 Å². The van der Waals surface area contributed by atoms with Gasteiger partial charge in [0.15, 0.2) is 17.4 Å². The van der Waals surface area contributed by atoms with Crippen molar-refractivity contribution >= 4 is 22.8 Å². The minimum Gasteiger partial charge on any atom is -0.486 e. The van der Waals surface area contributed by atoms with Crippen molar-refractivity contribution in [2.45, 2.75) is 45.8 Å². The number of nitrogens with zero attached hydrogens (tertiary/aromatic N) is 4. The van der Waals surface area contributed by atoms with Crippen LogP contribution >= 0.6 is 0 Å². The number of ether oxygens (including phenoxy) is 3. The summed E-state index contributed by atoms with van der Waals surface area (Å²) in [7, 11) is 0. The van der Waals surface area contributed by atoms with E-state index in [-0.39, 0.29) is 46.2 Å². The molecule has 0 spiro atoms. The van der Waals surface area contributed by atoms with Gasteiger partial charge in [-0.2, -0.15) is 9.37 Å². The van der Waals surface area contributed by atoms with Crippen LogP contribution in [-0.4, -0.2) is 44.0 Å². The molecule has 234 valence electrons. The minimum absolute atomic E-state index is 0.0263. The Bertz CT molecular complexity index is 1830. The summed E-state index contributed by atoms with van der Waals surface area (Å²) in [6.45, 7) is 5.05. The van der Waals surface area contributed by atoms with Crippen LogP contribution in [0.1, 0.15) is 26.3 Å². The molecule has 9 nitrogen and oxygen atoms in total. The van der Waals surface area contributed by atoms with Crippen molar-refractivity contribution in [1.29, 1.82) is 0 Å². The third kappa shape index (κ3) is 7.28. The van der Waals surface area contributed by atoms with Gasteiger partial charge in [-0.25, -0.2) is 32.3 Å². The number of amides is 1. The van der Waals surface area contributed by atoms with E-state index in [0.717, 1.165) is 30.2 Å². The van der Waals surface area contributed by atoms with Crippen LogP contribution in [0.25, 0.3) is 28.1 Å². The van der Waals surface area contributed by atoms with E-state index in [1.165, 1.54) is 22.8 Å². The Morgan fingerprint density at radius 2 is 1.71 bits per heavy atom. The third-order valence-corrected chi connectivity index (χ3v) is 6.12. The van der Waals surface area contributed by atoms with E-state index in [9.17, 15) is 18.0 Å². The van der Waals surface area contributed by atoms with Gasteiger partial charge >= 0.3 is 12.5 Å². The zero-order valence-corrected chi connectivity index (χ0v) is 24.1. The van der Waals surface area contributed by atoms with E-state index < -0.39 is 42.0 Å². The first-order valence-electron chi connectivity index (χ1n) is 13.5. The summed E-state index contributed by atoms with van der Waals surface area (Å²) in [4.78, 5) is 24.2. The summed E-state index contributed by atoms with van der Waals surface area (Å²) in [5, 5.41) is 2.38. The highest BCUT2D eigenvalue weighted by atomic mass is 19.3. The lowest BCUT2D eigenvalue weighted by Crippen LogP contribution is -2.27. The molecule has 5 aromatic rings. The largest absolute Gasteiger partial charge is 0.486 e. The molecule has 0 saturated carbocycles. The molecule has 3 aromatic heterocycles. The molecule has 0 aliphatic carbocycles.